The molecule has 0 aromatic heterocycles. The van der Waals surface area contributed by atoms with E-state index in [9.17, 15) is 20.0 Å². The summed E-state index contributed by atoms with van der Waals surface area (Å²) in [5, 5.41) is 24.3. The standard InChI is InChI=1S/C16H14ClN3O5/c1-10-3-2-4-13(5-10)25-9-15(21)19-18-8-11-6-12(17)7-14(16(11)22)20(23)24/h2-8,22H,9H2,1H3,(H,19,21)/b18-8+. The quantitative estimate of drug-likeness (QED) is 0.465. The first kappa shape index (κ1) is 18.2. The predicted molar refractivity (Wildman–Crippen MR) is 92.2 cm³/mol. The molecule has 0 heterocycles. The fourth-order valence-corrected chi connectivity index (χ4v) is 2.12. The highest BCUT2D eigenvalue weighted by Gasteiger charge is 2.17. The van der Waals surface area contributed by atoms with Crippen molar-refractivity contribution in [1.82, 2.24) is 5.43 Å². The van der Waals surface area contributed by atoms with Crippen LogP contribution in [0.15, 0.2) is 41.5 Å². The number of carbonyl (C=O) groups excluding carboxylic acids is 1. The summed E-state index contributed by atoms with van der Waals surface area (Å²) in [5.41, 5.74) is 2.63. The molecule has 0 bridgehead atoms. The maximum Gasteiger partial charge on any atom is 0.312 e. The fraction of sp³-hybridized carbons (Fsp3) is 0.125. The van der Waals surface area contributed by atoms with Gasteiger partial charge in [-0.05, 0) is 30.7 Å². The number of ether oxygens (including phenoxy) is 1. The Morgan fingerprint density at radius 3 is 2.88 bits per heavy atom. The maximum atomic E-state index is 11.7. The summed E-state index contributed by atoms with van der Waals surface area (Å²) < 4.78 is 5.30. The van der Waals surface area contributed by atoms with Gasteiger partial charge < -0.3 is 9.84 Å². The summed E-state index contributed by atoms with van der Waals surface area (Å²) in [7, 11) is 0. The molecule has 0 spiro atoms. The maximum absolute atomic E-state index is 11.7. The fourth-order valence-electron chi connectivity index (χ4n) is 1.90. The molecule has 2 N–H and O–H groups in total. The predicted octanol–water partition coefficient (Wildman–Crippen LogP) is 2.79. The number of aryl methyl sites for hydroxylation is 1. The van der Waals surface area contributed by atoms with Gasteiger partial charge in [-0.15, -0.1) is 0 Å². The van der Waals surface area contributed by atoms with Gasteiger partial charge in [0.1, 0.15) is 5.75 Å². The second kappa shape index (κ2) is 8.11. The van der Waals surface area contributed by atoms with E-state index in [0.29, 0.717) is 5.75 Å². The van der Waals surface area contributed by atoms with E-state index in [1.54, 1.807) is 18.2 Å². The van der Waals surface area contributed by atoms with E-state index in [1.807, 2.05) is 13.0 Å². The van der Waals surface area contributed by atoms with Gasteiger partial charge in [0.15, 0.2) is 6.61 Å². The molecule has 8 nitrogen and oxygen atoms in total. The van der Waals surface area contributed by atoms with Gasteiger partial charge in [0, 0.05) is 16.7 Å². The Balaban J connectivity index is 1.96. The molecule has 130 valence electrons. The molecule has 0 saturated heterocycles. The van der Waals surface area contributed by atoms with Crippen LogP contribution < -0.4 is 10.2 Å². The number of hydrogen-bond acceptors (Lipinski definition) is 6. The monoisotopic (exact) mass is 363 g/mol. The molecule has 9 heteroatoms. The van der Waals surface area contributed by atoms with Crippen LogP contribution in [0.1, 0.15) is 11.1 Å². The molecule has 2 aromatic rings. The normalized spacial score (nSPS) is 10.6. The highest BCUT2D eigenvalue weighted by molar-refractivity contribution is 6.31. The van der Waals surface area contributed by atoms with E-state index < -0.39 is 22.3 Å². The molecule has 0 radical (unpaired) electrons. The van der Waals surface area contributed by atoms with E-state index in [1.165, 1.54) is 6.07 Å². The molecule has 0 fully saturated rings. The third-order valence-electron chi connectivity index (χ3n) is 3.03. The van der Waals surface area contributed by atoms with Gasteiger partial charge in [-0.1, -0.05) is 23.7 Å². The Bertz CT molecular complexity index is 839. The van der Waals surface area contributed by atoms with Gasteiger partial charge in [-0.25, -0.2) is 5.43 Å². The molecule has 25 heavy (non-hydrogen) atoms. The van der Waals surface area contributed by atoms with E-state index in [-0.39, 0.29) is 17.2 Å². The van der Waals surface area contributed by atoms with Crippen LogP contribution in [0, 0.1) is 17.0 Å². The summed E-state index contributed by atoms with van der Waals surface area (Å²) in [4.78, 5) is 21.7. The zero-order valence-corrected chi connectivity index (χ0v) is 13.9. The number of amides is 1. The highest BCUT2D eigenvalue weighted by atomic mass is 35.5. The van der Waals surface area contributed by atoms with Crippen molar-refractivity contribution >= 4 is 29.4 Å². The van der Waals surface area contributed by atoms with Crippen LogP contribution in [-0.2, 0) is 4.79 Å². The van der Waals surface area contributed by atoms with Gasteiger partial charge >= 0.3 is 5.69 Å². The number of nitrogens with one attached hydrogen (secondary N) is 1. The first-order chi connectivity index (χ1) is 11.9. The van der Waals surface area contributed by atoms with Crippen LogP contribution in [-0.4, -0.2) is 28.8 Å². The minimum absolute atomic E-state index is 0.000831. The van der Waals surface area contributed by atoms with Crippen molar-refractivity contribution in [2.45, 2.75) is 6.92 Å². The number of nitro groups is 1. The van der Waals surface area contributed by atoms with Crippen molar-refractivity contribution < 1.29 is 19.6 Å². The van der Waals surface area contributed by atoms with Crippen LogP contribution in [0.4, 0.5) is 5.69 Å². The number of hydrogen-bond donors (Lipinski definition) is 2. The van der Waals surface area contributed by atoms with Crippen molar-refractivity contribution in [3.8, 4) is 11.5 Å². The van der Waals surface area contributed by atoms with Crippen LogP contribution >= 0.6 is 11.6 Å². The third-order valence-corrected chi connectivity index (χ3v) is 3.25. The van der Waals surface area contributed by atoms with Crippen LogP contribution in [0.3, 0.4) is 0 Å². The second-order valence-electron chi connectivity index (χ2n) is 5.02. The lowest BCUT2D eigenvalue weighted by molar-refractivity contribution is -0.385. The molecular weight excluding hydrogens is 350 g/mol. The van der Waals surface area contributed by atoms with Crippen molar-refractivity contribution in [2.75, 3.05) is 6.61 Å². The number of halogens is 1. The average Bonchev–Trinajstić information content (AvgIpc) is 2.55. The lowest BCUT2D eigenvalue weighted by Crippen LogP contribution is -2.24. The third kappa shape index (κ3) is 5.18. The molecule has 0 aliphatic heterocycles. The van der Waals surface area contributed by atoms with Gasteiger partial charge in [0.05, 0.1) is 11.1 Å². The zero-order valence-electron chi connectivity index (χ0n) is 13.1. The number of phenols is 1. The summed E-state index contributed by atoms with van der Waals surface area (Å²) in [5.74, 6) is -0.584. The topological polar surface area (TPSA) is 114 Å². The number of hydrazone groups is 1. The van der Waals surface area contributed by atoms with Crippen LogP contribution in [0.2, 0.25) is 5.02 Å². The van der Waals surface area contributed by atoms with Crippen molar-refractivity contribution in [3.05, 3.63) is 62.7 Å². The number of nitrogens with zero attached hydrogens (tertiary/aromatic N) is 2. The van der Waals surface area contributed by atoms with Crippen molar-refractivity contribution in [3.63, 3.8) is 0 Å². The van der Waals surface area contributed by atoms with Gasteiger partial charge in [0.25, 0.3) is 5.91 Å². The number of carbonyl (C=O) groups is 1. The molecule has 2 rings (SSSR count). The van der Waals surface area contributed by atoms with Crippen molar-refractivity contribution in [1.29, 1.82) is 0 Å². The molecule has 0 saturated carbocycles. The van der Waals surface area contributed by atoms with Gasteiger partial charge in [0.2, 0.25) is 5.75 Å². The van der Waals surface area contributed by atoms with Gasteiger partial charge in [-0.2, -0.15) is 5.10 Å². The molecule has 0 aliphatic rings. The van der Waals surface area contributed by atoms with Crippen LogP contribution in [0.25, 0.3) is 0 Å². The van der Waals surface area contributed by atoms with E-state index >= 15 is 0 Å². The van der Waals surface area contributed by atoms with E-state index in [2.05, 4.69) is 10.5 Å². The van der Waals surface area contributed by atoms with Gasteiger partial charge in [-0.3, -0.25) is 14.9 Å². The summed E-state index contributed by atoms with van der Waals surface area (Å²) in [6, 6.07) is 9.49. The minimum Gasteiger partial charge on any atom is -0.502 e. The molecule has 0 atom stereocenters. The number of aromatic hydroxyl groups is 1. The number of rotatable bonds is 6. The first-order valence-corrected chi connectivity index (χ1v) is 7.43. The zero-order chi connectivity index (χ0) is 18.4. The Labute approximate surface area is 147 Å². The minimum atomic E-state index is -0.771. The lowest BCUT2D eigenvalue weighted by Gasteiger charge is -2.05. The summed E-state index contributed by atoms with van der Waals surface area (Å²) in [6.07, 6.45) is 1.05. The Morgan fingerprint density at radius 2 is 2.20 bits per heavy atom. The second-order valence-corrected chi connectivity index (χ2v) is 5.45. The number of nitro benzene ring substituents is 1. The largest absolute Gasteiger partial charge is 0.502 e. The molecule has 0 aliphatic carbocycles. The molecule has 1 amide bonds. The van der Waals surface area contributed by atoms with E-state index in [4.69, 9.17) is 16.3 Å². The van der Waals surface area contributed by atoms with E-state index in [0.717, 1.165) is 17.8 Å². The highest BCUT2D eigenvalue weighted by Crippen LogP contribution is 2.32. The van der Waals surface area contributed by atoms with Crippen LogP contribution in [0.5, 0.6) is 11.5 Å². The smallest absolute Gasteiger partial charge is 0.312 e. The number of phenolic OH excluding ortho intramolecular Hbond substituents is 1. The molecule has 2 aromatic carbocycles. The molecular formula is C16H14ClN3O5. The summed E-state index contributed by atoms with van der Waals surface area (Å²) >= 11 is 5.75. The number of benzene rings is 2. The SMILES string of the molecule is Cc1cccc(OCC(=O)N/N=C/c2cc(Cl)cc([N+](=O)[O-])c2O)c1. The first-order valence-electron chi connectivity index (χ1n) is 7.05. The Hall–Kier alpha value is -3.13. The summed E-state index contributed by atoms with van der Waals surface area (Å²) in [6.45, 7) is 1.64. The lowest BCUT2D eigenvalue weighted by atomic mass is 10.2. The Kier molecular flexibility index (Phi) is 5.91. The Morgan fingerprint density at radius 1 is 1.44 bits per heavy atom. The average molecular weight is 364 g/mol. The van der Waals surface area contributed by atoms with Crippen molar-refractivity contribution in [2.24, 2.45) is 5.10 Å². The molecule has 0 unspecified atom stereocenters.